The molecule has 34 heavy (non-hydrogen) atoms. The van der Waals surface area contributed by atoms with Crippen LogP contribution < -0.4 is 14.2 Å². The second-order valence-corrected chi connectivity index (χ2v) is 9.41. The lowest BCUT2D eigenvalue weighted by Crippen LogP contribution is -2.25. The number of fused-ring (bicyclic) bond motifs is 1. The summed E-state index contributed by atoms with van der Waals surface area (Å²) in [6.45, 7) is 4.17. The molecule has 0 radical (unpaired) electrons. The van der Waals surface area contributed by atoms with Crippen LogP contribution in [-0.4, -0.2) is 45.4 Å². The number of ether oxygens (including phenoxy) is 3. The van der Waals surface area contributed by atoms with E-state index >= 15 is 0 Å². The van der Waals surface area contributed by atoms with E-state index in [1.807, 2.05) is 0 Å². The number of hydrogen-bond acceptors (Lipinski definition) is 4. The maximum Gasteiger partial charge on any atom is 0.161 e. The Morgan fingerprint density at radius 3 is 2.24 bits per heavy atom. The van der Waals surface area contributed by atoms with Gasteiger partial charge in [0.1, 0.15) is 12.4 Å². The van der Waals surface area contributed by atoms with E-state index in [-0.39, 0.29) is 5.92 Å². The monoisotopic (exact) mass is 457 g/mol. The SMILES string of the molecule is COc1cc2c(cc1OC)C(c1ccc(OCCN3CCCC3)cc1)C(c1ccccc1)CC2. The summed E-state index contributed by atoms with van der Waals surface area (Å²) in [6.07, 6.45) is 4.77. The summed E-state index contributed by atoms with van der Waals surface area (Å²) in [4.78, 5) is 2.49. The highest BCUT2D eigenvalue weighted by Crippen LogP contribution is 2.49. The fraction of sp³-hybridized carbons (Fsp3) is 0.400. The summed E-state index contributed by atoms with van der Waals surface area (Å²) in [6, 6.07) is 24.0. The molecule has 1 aliphatic heterocycles. The van der Waals surface area contributed by atoms with Crippen molar-refractivity contribution in [2.75, 3.05) is 40.5 Å². The quantitative estimate of drug-likeness (QED) is 0.413. The Bertz CT molecular complexity index is 1070. The van der Waals surface area contributed by atoms with Gasteiger partial charge in [0.15, 0.2) is 11.5 Å². The van der Waals surface area contributed by atoms with Crippen molar-refractivity contribution in [2.24, 2.45) is 0 Å². The number of rotatable bonds is 8. The Morgan fingerprint density at radius 1 is 0.824 bits per heavy atom. The van der Waals surface area contributed by atoms with Crippen molar-refractivity contribution < 1.29 is 14.2 Å². The second-order valence-electron chi connectivity index (χ2n) is 9.41. The number of likely N-dealkylation sites (tertiary alicyclic amines) is 1. The highest BCUT2D eigenvalue weighted by atomic mass is 16.5. The fourth-order valence-corrected chi connectivity index (χ4v) is 5.68. The molecule has 2 unspecified atom stereocenters. The third kappa shape index (κ3) is 4.78. The molecule has 0 aromatic heterocycles. The van der Waals surface area contributed by atoms with Crippen LogP contribution in [0.5, 0.6) is 17.2 Å². The molecule has 0 N–H and O–H groups in total. The predicted molar refractivity (Wildman–Crippen MR) is 137 cm³/mol. The van der Waals surface area contributed by atoms with Crippen molar-refractivity contribution >= 4 is 0 Å². The van der Waals surface area contributed by atoms with Gasteiger partial charge in [-0.1, -0.05) is 42.5 Å². The van der Waals surface area contributed by atoms with Crippen LogP contribution in [0.3, 0.4) is 0 Å². The summed E-state index contributed by atoms with van der Waals surface area (Å²) in [7, 11) is 3.42. The average molecular weight is 458 g/mol. The van der Waals surface area contributed by atoms with Crippen LogP contribution in [0.4, 0.5) is 0 Å². The molecule has 3 aromatic carbocycles. The molecule has 2 atom stereocenters. The Balaban J connectivity index is 1.43. The van der Waals surface area contributed by atoms with Crippen LogP contribution in [0.1, 0.15) is 53.4 Å². The first-order valence-corrected chi connectivity index (χ1v) is 12.5. The van der Waals surface area contributed by atoms with Crippen LogP contribution in [0.2, 0.25) is 0 Å². The molecule has 4 nitrogen and oxygen atoms in total. The Hall–Kier alpha value is -2.98. The summed E-state index contributed by atoms with van der Waals surface area (Å²) in [5, 5.41) is 0. The Morgan fingerprint density at radius 2 is 1.53 bits per heavy atom. The molecule has 2 aliphatic rings. The van der Waals surface area contributed by atoms with Gasteiger partial charge in [-0.25, -0.2) is 0 Å². The molecule has 0 amide bonds. The topological polar surface area (TPSA) is 30.9 Å². The van der Waals surface area contributed by atoms with Crippen molar-refractivity contribution in [3.05, 3.63) is 89.0 Å². The molecule has 0 saturated carbocycles. The van der Waals surface area contributed by atoms with Crippen molar-refractivity contribution in [1.29, 1.82) is 0 Å². The summed E-state index contributed by atoms with van der Waals surface area (Å²) in [5.74, 6) is 3.21. The van der Waals surface area contributed by atoms with E-state index in [0.717, 1.165) is 43.2 Å². The third-order valence-electron chi connectivity index (χ3n) is 7.45. The predicted octanol–water partition coefficient (Wildman–Crippen LogP) is 6.04. The lowest BCUT2D eigenvalue weighted by Gasteiger charge is -2.35. The van der Waals surface area contributed by atoms with E-state index < -0.39 is 0 Å². The summed E-state index contributed by atoms with van der Waals surface area (Å²) >= 11 is 0. The second kappa shape index (κ2) is 10.5. The van der Waals surface area contributed by atoms with Crippen molar-refractivity contribution in [3.8, 4) is 17.2 Å². The van der Waals surface area contributed by atoms with Gasteiger partial charge in [-0.3, -0.25) is 4.90 Å². The Kier molecular flexibility index (Phi) is 7.05. The minimum atomic E-state index is 0.254. The normalized spacial score (nSPS) is 20.1. The first-order chi connectivity index (χ1) is 16.8. The van der Waals surface area contributed by atoms with E-state index in [9.17, 15) is 0 Å². The van der Waals surface area contributed by atoms with Crippen molar-refractivity contribution in [1.82, 2.24) is 4.90 Å². The fourth-order valence-electron chi connectivity index (χ4n) is 5.68. The van der Waals surface area contributed by atoms with Gasteiger partial charge in [-0.2, -0.15) is 0 Å². The molecule has 1 aliphatic carbocycles. The van der Waals surface area contributed by atoms with Gasteiger partial charge >= 0.3 is 0 Å². The van der Waals surface area contributed by atoms with Crippen molar-refractivity contribution in [2.45, 2.75) is 37.5 Å². The van der Waals surface area contributed by atoms with Crippen LogP contribution in [0, 0.1) is 0 Å². The maximum absolute atomic E-state index is 6.08. The zero-order valence-electron chi connectivity index (χ0n) is 20.3. The summed E-state index contributed by atoms with van der Waals surface area (Å²) < 4.78 is 17.4. The molecule has 0 bridgehead atoms. The highest BCUT2D eigenvalue weighted by Gasteiger charge is 2.33. The van der Waals surface area contributed by atoms with E-state index in [1.165, 1.54) is 48.2 Å². The molecule has 3 aromatic rings. The molecule has 5 rings (SSSR count). The average Bonchev–Trinajstić information content (AvgIpc) is 3.42. The summed E-state index contributed by atoms with van der Waals surface area (Å²) in [5.41, 5.74) is 5.38. The van der Waals surface area contributed by atoms with Gasteiger partial charge in [-0.15, -0.1) is 0 Å². The van der Waals surface area contributed by atoms with E-state index in [0.29, 0.717) is 5.92 Å². The number of benzene rings is 3. The number of aryl methyl sites for hydroxylation is 1. The van der Waals surface area contributed by atoms with E-state index in [4.69, 9.17) is 14.2 Å². The van der Waals surface area contributed by atoms with Gasteiger partial charge in [-0.05, 0) is 91.2 Å². The molecule has 1 heterocycles. The first kappa shape index (κ1) is 22.8. The van der Waals surface area contributed by atoms with E-state index in [2.05, 4.69) is 71.6 Å². The van der Waals surface area contributed by atoms with Crippen LogP contribution in [-0.2, 0) is 6.42 Å². The molecule has 1 saturated heterocycles. The van der Waals surface area contributed by atoms with Gasteiger partial charge < -0.3 is 14.2 Å². The lowest BCUT2D eigenvalue weighted by molar-refractivity contribution is 0.237. The van der Waals surface area contributed by atoms with Crippen LogP contribution in [0.15, 0.2) is 66.7 Å². The molecular formula is C30H35NO3. The van der Waals surface area contributed by atoms with Gasteiger partial charge in [0.25, 0.3) is 0 Å². The van der Waals surface area contributed by atoms with Gasteiger partial charge in [0.05, 0.1) is 14.2 Å². The number of hydrogen-bond donors (Lipinski definition) is 0. The maximum atomic E-state index is 6.08. The molecular weight excluding hydrogens is 422 g/mol. The first-order valence-electron chi connectivity index (χ1n) is 12.5. The van der Waals surface area contributed by atoms with Crippen LogP contribution in [0.25, 0.3) is 0 Å². The molecule has 1 fully saturated rings. The van der Waals surface area contributed by atoms with Crippen LogP contribution >= 0.6 is 0 Å². The molecule has 178 valence electrons. The lowest BCUT2D eigenvalue weighted by atomic mass is 9.69. The minimum Gasteiger partial charge on any atom is -0.493 e. The molecule has 0 spiro atoms. The third-order valence-corrected chi connectivity index (χ3v) is 7.45. The van der Waals surface area contributed by atoms with Gasteiger partial charge in [0, 0.05) is 12.5 Å². The Labute approximate surface area is 203 Å². The zero-order valence-corrected chi connectivity index (χ0v) is 20.3. The molecule has 4 heteroatoms. The number of nitrogens with zero attached hydrogens (tertiary/aromatic N) is 1. The smallest absolute Gasteiger partial charge is 0.161 e. The zero-order chi connectivity index (χ0) is 23.3. The standard InChI is InChI=1S/C30H35NO3/c1-32-28-20-24-12-15-26(22-8-4-3-5-9-22)30(27(24)21-29(28)33-2)23-10-13-25(14-11-23)34-19-18-31-16-6-7-17-31/h3-5,8-11,13-14,20-21,26,30H,6-7,12,15-19H2,1-2H3. The largest absolute Gasteiger partial charge is 0.493 e. The van der Waals surface area contributed by atoms with Crippen molar-refractivity contribution in [3.63, 3.8) is 0 Å². The number of methoxy groups -OCH3 is 2. The van der Waals surface area contributed by atoms with Gasteiger partial charge in [0.2, 0.25) is 0 Å². The minimum absolute atomic E-state index is 0.254. The van der Waals surface area contributed by atoms with E-state index in [1.54, 1.807) is 14.2 Å². The highest BCUT2D eigenvalue weighted by molar-refractivity contribution is 5.54.